The number of fused-ring (bicyclic) bond motifs is 1. The van der Waals surface area contributed by atoms with Gasteiger partial charge in [0.25, 0.3) is 0 Å². The molecular weight excluding hydrogens is 214 g/mol. The summed E-state index contributed by atoms with van der Waals surface area (Å²) in [5, 5.41) is 7.11. The van der Waals surface area contributed by atoms with Gasteiger partial charge in [0.15, 0.2) is 0 Å². The van der Waals surface area contributed by atoms with Gasteiger partial charge in [-0.1, -0.05) is 12.1 Å². The molecule has 4 nitrogen and oxygen atoms in total. The number of para-hydroxylation sites is 2. The zero-order valence-corrected chi connectivity index (χ0v) is 9.81. The Balaban J connectivity index is 1.88. The molecule has 0 spiro atoms. The lowest BCUT2D eigenvalue weighted by Gasteiger charge is -2.30. The molecular formula is C13H15N3O. The van der Waals surface area contributed by atoms with Gasteiger partial charge in [0.2, 0.25) is 0 Å². The second-order valence-electron chi connectivity index (χ2n) is 4.27. The molecule has 88 valence electrons. The summed E-state index contributed by atoms with van der Waals surface area (Å²) in [6.45, 7) is 4.58. The molecule has 0 aliphatic carbocycles. The van der Waals surface area contributed by atoms with Gasteiger partial charge < -0.3 is 9.64 Å². The molecule has 0 radical (unpaired) electrons. The zero-order valence-electron chi connectivity index (χ0n) is 9.81. The van der Waals surface area contributed by atoms with Crippen LogP contribution in [0.5, 0.6) is 5.75 Å². The van der Waals surface area contributed by atoms with Gasteiger partial charge in [-0.2, -0.15) is 5.10 Å². The number of benzene rings is 1. The van der Waals surface area contributed by atoms with E-state index in [9.17, 15) is 0 Å². The van der Waals surface area contributed by atoms with E-state index in [0.29, 0.717) is 0 Å². The van der Waals surface area contributed by atoms with Crippen molar-refractivity contribution in [3.63, 3.8) is 0 Å². The molecule has 4 heteroatoms. The lowest BCUT2D eigenvalue weighted by molar-refractivity contribution is 0.306. The van der Waals surface area contributed by atoms with Crippen LogP contribution < -0.4 is 9.64 Å². The lowest BCUT2D eigenvalue weighted by Crippen LogP contribution is -2.32. The minimum absolute atomic E-state index is 0.740. The maximum Gasteiger partial charge on any atom is 0.142 e. The molecule has 1 aromatic heterocycles. The van der Waals surface area contributed by atoms with Gasteiger partial charge in [0, 0.05) is 0 Å². The van der Waals surface area contributed by atoms with Gasteiger partial charge in [-0.25, -0.2) is 0 Å². The zero-order chi connectivity index (χ0) is 11.7. The lowest BCUT2D eigenvalue weighted by atomic mass is 10.2. The predicted molar refractivity (Wildman–Crippen MR) is 66.3 cm³/mol. The topological polar surface area (TPSA) is 41.2 Å². The van der Waals surface area contributed by atoms with Gasteiger partial charge in [-0.3, -0.25) is 5.10 Å². The Morgan fingerprint density at radius 3 is 3.12 bits per heavy atom. The summed E-state index contributed by atoms with van der Waals surface area (Å²) in [5.41, 5.74) is 3.53. The number of ether oxygens (including phenoxy) is 1. The smallest absolute Gasteiger partial charge is 0.142 e. The summed E-state index contributed by atoms with van der Waals surface area (Å²) in [6, 6.07) is 8.16. The Morgan fingerprint density at radius 2 is 2.29 bits per heavy atom. The third kappa shape index (κ3) is 1.86. The van der Waals surface area contributed by atoms with E-state index in [1.807, 2.05) is 24.4 Å². The third-order valence-electron chi connectivity index (χ3n) is 3.11. The average Bonchev–Trinajstić information content (AvgIpc) is 2.76. The van der Waals surface area contributed by atoms with Crippen LogP contribution in [0.3, 0.4) is 0 Å². The molecule has 1 aliphatic rings. The van der Waals surface area contributed by atoms with E-state index >= 15 is 0 Å². The number of rotatable bonds is 2. The van der Waals surface area contributed by atoms with Crippen molar-refractivity contribution in [2.75, 3.05) is 18.1 Å². The fourth-order valence-electron chi connectivity index (χ4n) is 2.11. The van der Waals surface area contributed by atoms with E-state index in [2.05, 4.69) is 28.1 Å². The molecule has 2 heterocycles. The highest BCUT2D eigenvalue weighted by molar-refractivity contribution is 5.59. The van der Waals surface area contributed by atoms with E-state index in [1.165, 1.54) is 11.3 Å². The molecule has 0 bridgehead atoms. The summed E-state index contributed by atoms with van der Waals surface area (Å²) in [4.78, 5) is 2.32. The first-order valence-electron chi connectivity index (χ1n) is 5.80. The van der Waals surface area contributed by atoms with Crippen molar-refractivity contribution in [1.82, 2.24) is 10.2 Å². The van der Waals surface area contributed by atoms with Crippen LogP contribution in [-0.2, 0) is 6.54 Å². The summed E-state index contributed by atoms with van der Waals surface area (Å²) in [6.07, 6.45) is 1.86. The number of aryl methyl sites for hydroxylation is 1. The maximum atomic E-state index is 5.64. The monoisotopic (exact) mass is 229 g/mol. The fourth-order valence-corrected chi connectivity index (χ4v) is 2.11. The molecule has 3 rings (SSSR count). The number of H-pyrrole nitrogens is 1. The highest BCUT2D eigenvalue weighted by atomic mass is 16.5. The average molecular weight is 229 g/mol. The quantitative estimate of drug-likeness (QED) is 0.857. The normalized spacial score (nSPS) is 14.3. The number of nitrogens with one attached hydrogen (secondary N) is 1. The number of hydrogen-bond donors (Lipinski definition) is 1. The van der Waals surface area contributed by atoms with Crippen LogP contribution in [0.1, 0.15) is 11.3 Å². The first-order chi connectivity index (χ1) is 8.34. The van der Waals surface area contributed by atoms with Crippen LogP contribution in [0.15, 0.2) is 30.5 Å². The van der Waals surface area contributed by atoms with Crippen molar-refractivity contribution in [2.45, 2.75) is 13.5 Å². The molecule has 17 heavy (non-hydrogen) atoms. The number of nitrogens with zero attached hydrogens (tertiary/aromatic N) is 2. The first kappa shape index (κ1) is 10.2. The van der Waals surface area contributed by atoms with Crippen LogP contribution >= 0.6 is 0 Å². The van der Waals surface area contributed by atoms with Crippen LogP contribution in [0.4, 0.5) is 5.69 Å². The van der Waals surface area contributed by atoms with Crippen LogP contribution in [0.25, 0.3) is 0 Å². The SMILES string of the molecule is Cc1cn[nH]c1CN1CCOc2ccccc21. The second kappa shape index (κ2) is 4.13. The predicted octanol–water partition coefficient (Wildman–Crippen LogP) is 2.12. The Morgan fingerprint density at radius 1 is 1.41 bits per heavy atom. The number of aromatic nitrogens is 2. The van der Waals surface area contributed by atoms with Crippen molar-refractivity contribution in [3.8, 4) is 5.75 Å². The van der Waals surface area contributed by atoms with E-state index in [-0.39, 0.29) is 0 Å². The van der Waals surface area contributed by atoms with E-state index in [4.69, 9.17) is 4.74 Å². The van der Waals surface area contributed by atoms with Crippen LogP contribution in [0, 0.1) is 6.92 Å². The molecule has 0 unspecified atom stereocenters. The molecule has 1 N–H and O–H groups in total. The third-order valence-corrected chi connectivity index (χ3v) is 3.11. The fraction of sp³-hybridized carbons (Fsp3) is 0.308. The summed E-state index contributed by atoms with van der Waals surface area (Å²) in [7, 11) is 0. The largest absolute Gasteiger partial charge is 0.490 e. The summed E-state index contributed by atoms with van der Waals surface area (Å²) in [5.74, 6) is 0.968. The molecule has 0 saturated carbocycles. The minimum atomic E-state index is 0.740. The van der Waals surface area contributed by atoms with Crippen LogP contribution in [0.2, 0.25) is 0 Å². The Hall–Kier alpha value is -1.97. The number of hydrogen-bond acceptors (Lipinski definition) is 3. The van der Waals surface area contributed by atoms with Gasteiger partial charge in [-0.05, 0) is 24.6 Å². The molecule has 1 aromatic carbocycles. The first-order valence-corrected chi connectivity index (χ1v) is 5.80. The van der Waals surface area contributed by atoms with E-state index in [1.54, 1.807) is 0 Å². The summed E-state index contributed by atoms with van der Waals surface area (Å²) >= 11 is 0. The minimum Gasteiger partial charge on any atom is -0.490 e. The van der Waals surface area contributed by atoms with Crippen molar-refractivity contribution < 1.29 is 4.74 Å². The van der Waals surface area contributed by atoms with Crippen molar-refractivity contribution >= 4 is 5.69 Å². The highest BCUT2D eigenvalue weighted by Gasteiger charge is 2.18. The molecule has 0 saturated heterocycles. The van der Waals surface area contributed by atoms with Crippen molar-refractivity contribution in [1.29, 1.82) is 0 Å². The van der Waals surface area contributed by atoms with Crippen LogP contribution in [-0.4, -0.2) is 23.3 Å². The standard InChI is InChI=1S/C13H15N3O/c1-10-8-14-15-11(10)9-16-6-7-17-13-5-3-2-4-12(13)16/h2-5,8H,6-7,9H2,1H3,(H,14,15). The second-order valence-corrected chi connectivity index (χ2v) is 4.27. The van der Waals surface area contributed by atoms with Crippen molar-refractivity contribution in [3.05, 3.63) is 41.7 Å². The number of anilines is 1. The van der Waals surface area contributed by atoms with E-state index < -0.39 is 0 Å². The van der Waals surface area contributed by atoms with Gasteiger partial charge >= 0.3 is 0 Å². The Kier molecular flexibility index (Phi) is 2.48. The van der Waals surface area contributed by atoms with E-state index in [0.717, 1.165) is 31.1 Å². The molecule has 0 fully saturated rings. The Labute approximate surface area is 100 Å². The highest BCUT2D eigenvalue weighted by Crippen LogP contribution is 2.31. The molecule has 1 aliphatic heterocycles. The molecule has 0 amide bonds. The van der Waals surface area contributed by atoms with Crippen molar-refractivity contribution in [2.24, 2.45) is 0 Å². The maximum absolute atomic E-state index is 5.64. The van der Waals surface area contributed by atoms with Gasteiger partial charge in [-0.15, -0.1) is 0 Å². The molecule has 2 aromatic rings. The van der Waals surface area contributed by atoms with Gasteiger partial charge in [0.1, 0.15) is 12.4 Å². The number of aromatic amines is 1. The van der Waals surface area contributed by atoms with Gasteiger partial charge in [0.05, 0.1) is 30.7 Å². The summed E-state index contributed by atoms with van der Waals surface area (Å²) < 4.78 is 5.64. The molecule has 0 atom stereocenters. The Bertz CT molecular complexity index is 521.